The van der Waals surface area contributed by atoms with Crippen molar-refractivity contribution in [1.82, 2.24) is 10.2 Å². The van der Waals surface area contributed by atoms with Crippen molar-refractivity contribution in [2.45, 2.75) is 52.3 Å². The fraction of sp³-hybridized carbons (Fsp3) is 0.355. The zero-order valence-corrected chi connectivity index (χ0v) is 24.3. The summed E-state index contributed by atoms with van der Waals surface area (Å²) in [5.74, 6) is -0.130. The van der Waals surface area contributed by atoms with Crippen LogP contribution in [0.4, 0.5) is 5.69 Å². The van der Waals surface area contributed by atoms with Gasteiger partial charge in [-0.2, -0.15) is 0 Å². The summed E-state index contributed by atoms with van der Waals surface area (Å²) in [6, 6.07) is 24.9. The van der Waals surface area contributed by atoms with E-state index in [1.807, 2.05) is 74.5 Å². The number of hydrogen-bond acceptors (Lipinski definition) is 5. The van der Waals surface area contributed by atoms with Gasteiger partial charge < -0.3 is 15.0 Å². The third-order valence-corrected chi connectivity index (χ3v) is 7.60. The van der Waals surface area contributed by atoms with Gasteiger partial charge in [0.2, 0.25) is 21.8 Å². The van der Waals surface area contributed by atoms with Gasteiger partial charge >= 0.3 is 0 Å². The van der Waals surface area contributed by atoms with Crippen LogP contribution in [0.3, 0.4) is 0 Å². The van der Waals surface area contributed by atoms with Gasteiger partial charge in [0, 0.05) is 13.1 Å². The van der Waals surface area contributed by atoms with E-state index in [1.54, 1.807) is 24.3 Å². The van der Waals surface area contributed by atoms with Crippen LogP contribution in [0, 0.1) is 0 Å². The maximum atomic E-state index is 13.8. The van der Waals surface area contributed by atoms with Crippen molar-refractivity contribution in [3.05, 3.63) is 96.1 Å². The predicted octanol–water partition coefficient (Wildman–Crippen LogP) is 4.76. The number of nitrogens with zero attached hydrogens (tertiary/aromatic N) is 2. The van der Waals surface area contributed by atoms with Gasteiger partial charge in [0.25, 0.3) is 0 Å². The van der Waals surface area contributed by atoms with Crippen molar-refractivity contribution in [2.24, 2.45) is 0 Å². The molecule has 3 aromatic rings. The number of nitrogens with one attached hydrogen (secondary N) is 1. The van der Waals surface area contributed by atoms with Gasteiger partial charge in [-0.3, -0.25) is 13.9 Å². The smallest absolute Gasteiger partial charge is 0.244 e. The normalized spacial score (nSPS) is 11.9. The van der Waals surface area contributed by atoms with E-state index in [4.69, 9.17) is 4.74 Å². The van der Waals surface area contributed by atoms with Crippen molar-refractivity contribution in [3.63, 3.8) is 0 Å². The fourth-order valence-corrected chi connectivity index (χ4v) is 5.12. The average Bonchev–Trinajstić information content (AvgIpc) is 2.95. The number of benzene rings is 3. The first-order valence-electron chi connectivity index (χ1n) is 13.6. The standard InChI is InChI=1S/C31H39N3O5S/c1-4-6-21-32-31(36)29(5-2)33(22-25-13-9-7-10-14-25)30(35)23-34(40(3,37)38)27-17-19-28(20-18-27)39-24-26-15-11-8-12-16-26/h7-20,29H,4-6,21-24H2,1-3H3,(H,32,36)/t29-/m0/s1. The Morgan fingerprint density at radius 3 is 2.02 bits per heavy atom. The van der Waals surface area contributed by atoms with E-state index >= 15 is 0 Å². The zero-order chi connectivity index (χ0) is 29.0. The molecule has 2 amide bonds. The third-order valence-electron chi connectivity index (χ3n) is 6.46. The first kappa shape index (κ1) is 30.7. The SMILES string of the molecule is CCCCNC(=O)[C@H](CC)N(Cc1ccccc1)C(=O)CN(c1ccc(OCc2ccccc2)cc1)S(C)(=O)=O. The summed E-state index contributed by atoms with van der Waals surface area (Å²) in [5.41, 5.74) is 2.20. The molecule has 3 aromatic carbocycles. The Hall–Kier alpha value is -3.85. The molecule has 0 aliphatic carbocycles. The van der Waals surface area contributed by atoms with Crippen LogP contribution in [0.15, 0.2) is 84.9 Å². The molecule has 0 radical (unpaired) electrons. The number of unbranched alkanes of at least 4 members (excludes halogenated alkanes) is 1. The molecule has 0 saturated carbocycles. The van der Waals surface area contributed by atoms with E-state index in [1.165, 1.54) is 4.90 Å². The summed E-state index contributed by atoms with van der Waals surface area (Å²) in [4.78, 5) is 28.3. The lowest BCUT2D eigenvalue weighted by molar-refractivity contribution is -0.140. The van der Waals surface area contributed by atoms with Crippen molar-refractivity contribution >= 4 is 27.5 Å². The molecule has 0 heterocycles. The van der Waals surface area contributed by atoms with Gasteiger partial charge in [-0.05, 0) is 48.2 Å². The second kappa shape index (κ2) is 15.1. The van der Waals surface area contributed by atoms with E-state index in [0.717, 1.165) is 34.5 Å². The van der Waals surface area contributed by atoms with Crippen molar-refractivity contribution in [3.8, 4) is 5.75 Å². The number of carbonyl (C=O) groups is 2. The Kier molecular flexibility index (Phi) is 11.6. The molecule has 8 nitrogen and oxygen atoms in total. The summed E-state index contributed by atoms with van der Waals surface area (Å²) >= 11 is 0. The highest BCUT2D eigenvalue weighted by atomic mass is 32.2. The second-order valence-corrected chi connectivity index (χ2v) is 11.5. The molecule has 9 heteroatoms. The van der Waals surface area contributed by atoms with E-state index in [0.29, 0.717) is 31.0 Å². The van der Waals surface area contributed by atoms with Crippen molar-refractivity contribution in [2.75, 3.05) is 23.7 Å². The molecule has 0 unspecified atom stereocenters. The minimum Gasteiger partial charge on any atom is -0.489 e. The molecule has 1 N–H and O–H groups in total. The summed E-state index contributed by atoms with van der Waals surface area (Å²) in [5, 5.41) is 2.92. The van der Waals surface area contributed by atoms with Crippen LogP contribution in [0.1, 0.15) is 44.2 Å². The van der Waals surface area contributed by atoms with Crippen LogP contribution >= 0.6 is 0 Å². The van der Waals surface area contributed by atoms with Gasteiger partial charge in [0.15, 0.2) is 0 Å². The number of anilines is 1. The Balaban J connectivity index is 1.81. The molecule has 0 fully saturated rings. The maximum absolute atomic E-state index is 13.8. The molecule has 214 valence electrons. The summed E-state index contributed by atoms with van der Waals surface area (Å²) in [6.07, 6.45) is 3.23. The lowest BCUT2D eigenvalue weighted by atomic mass is 10.1. The molecular formula is C31H39N3O5S. The molecular weight excluding hydrogens is 526 g/mol. The number of amides is 2. The Bertz CT molecular complexity index is 1320. The maximum Gasteiger partial charge on any atom is 0.244 e. The van der Waals surface area contributed by atoms with E-state index in [-0.39, 0.29) is 12.5 Å². The number of hydrogen-bond donors (Lipinski definition) is 1. The predicted molar refractivity (Wildman–Crippen MR) is 158 cm³/mol. The minimum absolute atomic E-state index is 0.184. The van der Waals surface area contributed by atoms with Crippen LogP contribution in [0.5, 0.6) is 5.75 Å². The highest BCUT2D eigenvalue weighted by Crippen LogP contribution is 2.23. The molecule has 0 spiro atoms. The number of sulfonamides is 1. The first-order chi connectivity index (χ1) is 19.2. The summed E-state index contributed by atoms with van der Waals surface area (Å²) < 4.78 is 32.6. The minimum atomic E-state index is -3.81. The largest absolute Gasteiger partial charge is 0.489 e. The van der Waals surface area contributed by atoms with Crippen LogP contribution < -0.4 is 14.4 Å². The summed E-state index contributed by atoms with van der Waals surface area (Å²) in [6.45, 7) is 4.53. The molecule has 3 rings (SSSR count). The van der Waals surface area contributed by atoms with Gasteiger partial charge in [-0.1, -0.05) is 80.9 Å². The molecule has 1 atom stereocenters. The lowest BCUT2D eigenvalue weighted by Gasteiger charge is -2.33. The van der Waals surface area contributed by atoms with E-state index in [2.05, 4.69) is 5.32 Å². The van der Waals surface area contributed by atoms with Crippen molar-refractivity contribution < 1.29 is 22.7 Å². The van der Waals surface area contributed by atoms with E-state index < -0.39 is 28.5 Å². The van der Waals surface area contributed by atoms with Crippen LogP contribution in [-0.4, -0.2) is 50.5 Å². The van der Waals surface area contributed by atoms with Gasteiger partial charge in [-0.15, -0.1) is 0 Å². The Labute approximate surface area is 238 Å². The Morgan fingerprint density at radius 1 is 0.875 bits per heavy atom. The van der Waals surface area contributed by atoms with Crippen LogP contribution in [0.25, 0.3) is 0 Å². The zero-order valence-electron chi connectivity index (χ0n) is 23.5. The Morgan fingerprint density at radius 2 is 1.48 bits per heavy atom. The van der Waals surface area contributed by atoms with Crippen LogP contribution in [-0.2, 0) is 32.8 Å². The topological polar surface area (TPSA) is 96.0 Å². The first-order valence-corrected chi connectivity index (χ1v) is 15.4. The third kappa shape index (κ3) is 9.12. The average molecular weight is 566 g/mol. The number of carbonyl (C=O) groups excluding carboxylic acids is 2. The van der Waals surface area contributed by atoms with Gasteiger partial charge in [-0.25, -0.2) is 8.42 Å². The fourth-order valence-electron chi connectivity index (χ4n) is 4.27. The highest BCUT2D eigenvalue weighted by molar-refractivity contribution is 7.92. The monoisotopic (exact) mass is 565 g/mol. The van der Waals surface area contributed by atoms with Crippen molar-refractivity contribution in [1.29, 1.82) is 0 Å². The molecule has 0 saturated heterocycles. The highest BCUT2D eigenvalue weighted by Gasteiger charge is 2.31. The molecule has 0 aliphatic rings. The molecule has 40 heavy (non-hydrogen) atoms. The molecule has 0 aliphatic heterocycles. The van der Waals surface area contributed by atoms with Gasteiger partial charge in [0.05, 0.1) is 11.9 Å². The summed E-state index contributed by atoms with van der Waals surface area (Å²) in [7, 11) is -3.81. The number of ether oxygens (including phenoxy) is 1. The molecule has 0 aromatic heterocycles. The van der Waals surface area contributed by atoms with Gasteiger partial charge in [0.1, 0.15) is 24.9 Å². The number of rotatable bonds is 15. The second-order valence-electron chi connectivity index (χ2n) is 9.61. The quantitative estimate of drug-likeness (QED) is 0.268. The van der Waals surface area contributed by atoms with E-state index in [9.17, 15) is 18.0 Å². The molecule has 0 bridgehead atoms. The van der Waals surface area contributed by atoms with Crippen LogP contribution in [0.2, 0.25) is 0 Å². The lowest BCUT2D eigenvalue weighted by Crippen LogP contribution is -2.52.